The first-order chi connectivity index (χ1) is 16.8. The molecule has 1 aromatic heterocycles. The Morgan fingerprint density at radius 2 is 1.80 bits per heavy atom. The first kappa shape index (κ1) is 23.0. The molecule has 3 aromatic carbocycles. The van der Waals surface area contributed by atoms with E-state index in [-0.39, 0.29) is 22.1 Å². The second-order valence-corrected chi connectivity index (χ2v) is 9.19. The Labute approximate surface area is 212 Å². The van der Waals surface area contributed by atoms with Crippen molar-refractivity contribution in [2.24, 2.45) is 0 Å². The van der Waals surface area contributed by atoms with Crippen molar-refractivity contribution in [1.82, 2.24) is 0 Å². The summed E-state index contributed by atoms with van der Waals surface area (Å²) in [4.78, 5) is 28.2. The Kier molecular flexibility index (Phi) is 5.78. The molecule has 0 saturated heterocycles. The number of aliphatic hydroxyl groups is 1. The van der Waals surface area contributed by atoms with Crippen LogP contribution >= 0.6 is 27.5 Å². The number of halogens is 2. The summed E-state index contributed by atoms with van der Waals surface area (Å²) in [6, 6.07) is 16.8. The van der Waals surface area contributed by atoms with E-state index >= 15 is 0 Å². The lowest BCUT2D eigenvalue weighted by atomic mass is 9.94. The molecule has 0 saturated carbocycles. The number of fused-ring (bicyclic) bond motifs is 1. The van der Waals surface area contributed by atoms with Gasteiger partial charge in [-0.2, -0.15) is 0 Å². The number of carbonyl (C=O) groups excluding carboxylic acids is 2. The van der Waals surface area contributed by atoms with Gasteiger partial charge in [0, 0.05) is 15.5 Å². The summed E-state index contributed by atoms with van der Waals surface area (Å²) in [6.45, 7) is 0. The third-order valence-corrected chi connectivity index (χ3v) is 6.59. The van der Waals surface area contributed by atoms with Gasteiger partial charge in [-0.05, 0) is 66.2 Å². The van der Waals surface area contributed by atoms with E-state index < -0.39 is 23.5 Å². The SMILES string of the molecule is COc1ccc(N2C(=O)C(O)=C(C(=O)c3cc4cc(Br)ccc4o3)C2c2ccc(O)c(Cl)c2)cc1. The van der Waals surface area contributed by atoms with Crippen molar-refractivity contribution < 1.29 is 29.0 Å². The number of hydrogen-bond donors (Lipinski definition) is 2. The van der Waals surface area contributed by atoms with Crippen molar-refractivity contribution in [3.05, 3.63) is 98.9 Å². The van der Waals surface area contributed by atoms with Crippen LogP contribution < -0.4 is 9.64 Å². The minimum absolute atomic E-state index is 0.0288. The van der Waals surface area contributed by atoms with E-state index in [1.165, 1.54) is 30.2 Å². The number of nitrogens with zero attached hydrogens (tertiary/aromatic N) is 1. The lowest BCUT2D eigenvalue weighted by molar-refractivity contribution is -0.117. The Morgan fingerprint density at radius 1 is 1.06 bits per heavy atom. The summed E-state index contributed by atoms with van der Waals surface area (Å²) in [5.74, 6) is -1.70. The fourth-order valence-corrected chi connectivity index (χ4v) is 4.68. The van der Waals surface area contributed by atoms with Gasteiger partial charge in [0.15, 0.2) is 11.5 Å². The molecule has 7 nitrogen and oxygen atoms in total. The van der Waals surface area contributed by atoms with Gasteiger partial charge < -0.3 is 19.4 Å². The van der Waals surface area contributed by atoms with Gasteiger partial charge in [-0.3, -0.25) is 14.5 Å². The zero-order chi connectivity index (χ0) is 24.9. The fraction of sp³-hybridized carbons (Fsp3) is 0.0769. The van der Waals surface area contributed by atoms with Crippen LogP contribution in [-0.2, 0) is 4.79 Å². The number of methoxy groups -OCH3 is 1. The van der Waals surface area contributed by atoms with E-state index in [4.69, 9.17) is 20.8 Å². The molecular weight excluding hydrogens is 538 g/mol. The number of phenolic OH excluding ortho intramolecular Hbond substituents is 1. The van der Waals surface area contributed by atoms with Crippen LogP contribution in [0.4, 0.5) is 5.69 Å². The first-order valence-electron chi connectivity index (χ1n) is 10.4. The molecule has 0 aliphatic carbocycles. The largest absolute Gasteiger partial charge is 0.506 e. The number of hydrogen-bond acceptors (Lipinski definition) is 6. The molecule has 35 heavy (non-hydrogen) atoms. The summed E-state index contributed by atoms with van der Waals surface area (Å²) in [5.41, 5.74) is 1.17. The number of ether oxygens (including phenoxy) is 1. The number of aromatic hydroxyl groups is 1. The fourth-order valence-electron chi connectivity index (χ4n) is 4.11. The molecule has 2 N–H and O–H groups in total. The van der Waals surface area contributed by atoms with Gasteiger partial charge in [0.2, 0.25) is 5.78 Å². The molecule has 1 aliphatic heterocycles. The molecule has 0 bridgehead atoms. The summed E-state index contributed by atoms with van der Waals surface area (Å²) < 4.78 is 11.8. The molecule has 2 heterocycles. The van der Waals surface area contributed by atoms with Gasteiger partial charge in [0.1, 0.15) is 17.1 Å². The van der Waals surface area contributed by atoms with Gasteiger partial charge >= 0.3 is 0 Å². The Balaban J connectivity index is 1.66. The summed E-state index contributed by atoms with van der Waals surface area (Å²) in [7, 11) is 1.52. The Hall–Kier alpha value is -3.75. The second kappa shape index (κ2) is 8.79. The van der Waals surface area contributed by atoms with Gasteiger partial charge in [-0.15, -0.1) is 0 Å². The minimum Gasteiger partial charge on any atom is -0.506 e. The minimum atomic E-state index is -1.03. The molecule has 0 fully saturated rings. The number of aliphatic hydroxyl groups excluding tert-OH is 1. The molecule has 5 rings (SSSR count). The van der Waals surface area contributed by atoms with Gasteiger partial charge in [0.25, 0.3) is 5.91 Å². The van der Waals surface area contributed by atoms with Crippen LogP contribution in [0.3, 0.4) is 0 Å². The smallest absolute Gasteiger partial charge is 0.294 e. The molecule has 9 heteroatoms. The predicted molar refractivity (Wildman–Crippen MR) is 134 cm³/mol. The van der Waals surface area contributed by atoms with Crippen LogP contribution in [-0.4, -0.2) is 29.0 Å². The maximum Gasteiger partial charge on any atom is 0.294 e. The van der Waals surface area contributed by atoms with Gasteiger partial charge in [0.05, 0.1) is 23.7 Å². The quantitative estimate of drug-likeness (QED) is 0.279. The van der Waals surface area contributed by atoms with Crippen molar-refractivity contribution in [3.8, 4) is 11.5 Å². The highest BCUT2D eigenvalue weighted by Gasteiger charge is 2.45. The van der Waals surface area contributed by atoms with E-state index in [1.54, 1.807) is 48.5 Å². The molecular formula is C26H17BrClNO6. The molecule has 0 spiro atoms. The molecule has 0 radical (unpaired) electrons. The number of ketones is 1. The van der Waals surface area contributed by atoms with Gasteiger partial charge in [-0.1, -0.05) is 33.6 Å². The topological polar surface area (TPSA) is 100 Å². The average molecular weight is 555 g/mol. The second-order valence-electron chi connectivity index (χ2n) is 7.87. The number of furan rings is 1. The van der Waals surface area contributed by atoms with Gasteiger partial charge in [-0.25, -0.2) is 0 Å². The normalized spacial score (nSPS) is 15.8. The lowest BCUT2D eigenvalue weighted by Crippen LogP contribution is -2.31. The first-order valence-corrected chi connectivity index (χ1v) is 11.6. The third kappa shape index (κ3) is 3.94. The maximum absolute atomic E-state index is 13.7. The number of carbonyl (C=O) groups is 2. The zero-order valence-corrected chi connectivity index (χ0v) is 20.5. The van der Waals surface area contributed by atoms with Crippen molar-refractivity contribution in [3.63, 3.8) is 0 Å². The molecule has 176 valence electrons. The molecule has 1 atom stereocenters. The van der Waals surface area contributed by atoms with E-state index in [0.717, 1.165) is 4.47 Å². The Morgan fingerprint density at radius 3 is 2.49 bits per heavy atom. The number of benzene rings is 3. The molecule has 1 amide bonds. The number of phenols is 1. The lowest BCUT2D eigenvalue weighted by Gasteiger charge is -2.27. The number of rotatable bonds is 5. The van der Waals surface area contributed by atoms with Crippen molar-refractivity contribution in [2.45, 2.75) is 6.04 Å². The summed E-state index contributed by atoms with van der Waals surface area (Å²) in [5, 5.41) is 21.5. The molecule has 1 unspecified atom stereocenters. The highest BCUT2D eigenvalue weighted by atomic mass is 79.9. The number of Topliss-reactive ketones (excluding diaryl/α,β-unsaturated/α-hetero) is 1. The van der Waals surface area contributed by atoms with E-state index in [2.05, 4.69) is 15.9 Å². The van der Waals surface area contributed by atoms with Crippen molar-refractivity contribution >= 4 is 55.9 Å². The highest BCUT2D eigenvalue weighted by Crippen LogP contribution is 2.44. The molecule has 1 aliphatic rings. The van der Waals surface area contributed by atoms with Crippen molar-refractivity contribution in [1.29, 1.82) is 0 Å². The van der Waals surface area contributed by atoms with Crippen LogP contribution in [0, 0.1) is 0 Å². The number of anilines is 1. The predicted octanol–water partition coefficient (Wildman–Crippen LogP) is 6.35. The third-order valence-electron chi connectivity index (χ3n) is 5.79. The highest BCUT2D eigenvalue weighted by molar-refractivity contribution is 9.10. The average Bonchev–Trinajstić information content (AvgIpc) is 3.39. The summed E-state index contributed by atoms with van der Waals surface area (Å²) >= 11 is 9.54. The molecule has 4 aromatic rings. The zero-order valence-electron chi connectivity index (χ0n) is 18.2. The summed E-state index contributed by atoms with van der Waals surface area (Å²) in [6.07, 6.45) is 0. The van der Waals surface area contributed by atoms with Crippen LogP contribution in [0.15, 0.2) is 87.0 Å². The monoisotopic (exact) mass is 553 g/mol. The maximum atomic E-state index is 13.7. The van der Waals surface area contributed by atoms with E-state index in [0.29, 0.717) is 28.0 Å². The number of amides is 1. The van der Waals surface area contributed by atoms with E-state index in [1.807, 2.05) is 0 Å². The van der Waals surface area contributed by atoms with Crippen LogP contribution in [0.25, 0.3) is 11.0 Å². The van der Waals surface area contributed by atoms with Crippen LogP contribution in [0.1, 0.15) is 22.2 Å². The van der Waals surface area contributed by atoms with Crippen molar-refractivity contribution in [2.75, 3.05) is 12.0 Å². The van der Waals surface area contributed by atoms with Crippen LogP contribution in [0.5, 0.6) is 11.5 Å². The standard InChI is InChI=1S/C26H17BrClNO6/c1-34-17-6-4-16(5-7-17)29-23(13-2-8-19(30)18(28)11-13)22(25(32)26(29)33)24(31)21-12-14-10-15(27)3-9-20(14)35-21/h2-12,23,30,32H,1H3. The Bertz CT molecular complexity index is 1520. The van der Waals surface area contributed by atoms with Crippen LogP contribution in [0.2, 0.25) is 5.02 Å². The van der Waals surface area contributed by atoms with E-state index in [9.17, 15) is 19.8 Å².